The quantitative estimate of drug-likeness (QED) is 0.580. The summed E-state index contributed by atoms with van der Waals surface area (Å²) in [5.74, 6) is 0. The number of allylic oxidation sites excluding steroid dienone is 4. The molecule has 0 radical (unpaired) electrons. The predicted octanol–water partition coefficient (Wildman–Crippen LogP) is 4.46. The molecule has 3 nitrogen and oxygen atoms in total. The van der Waals surface area contributed by atoms with Gasteiger partial charge in [0.2, 0.25) is 0 Å². The van der Waals surface area contributed by atoms with Crippen LogP contribution in [0.4, 0.5) is 0 Å². The van der Waals surface area contributed by atoms with Gasteiger partial charge in [0.1, 0.15) is 0 Å². The standard InChI is InChI=1S/C24H30N2O/c1-3-5-16-23(4-2)25-24(22-14-10-7-11-15-22)20-26(17-18-27)19-21-12-8-6-9-13-21/h3-16,24-25,27H,2,17-20H2,1H3/b5-3-,23-16+. The second-order valence-corrected chi connectivity index (χ2v) is 6.40. The summed E-state index contributed by atoms with van der Waals surface area (Å²) < 4.78 is 0. The van der Waals surface area contributed by atoms with Crippen molar-refractivity contribution in [1.29, 1.82) is 0 Å². The normalized spacial score (nSPS) is 13.1. The van der Waals surface area contributed by atoms with Crippen molar-refractivity contribution in [3.05, 3.63) is 108 Å². The highest BCUT2D eigenvalue weighted by molar-refractivity contribution is 5.26. The predicted molar refractivity (Wildman–Crippen MR) is 114 cm³/mol. The monoisotopic (exact) mass is 362 g/mol. The second kappa shape index (κ2) is 11.9. The first-order valence-electron chi connectivity index (χ1n) is 9.41. The first kappa shape index (κ1) is 20.7. The van der Waals surface area contributed by atoms with Crippen molar-refractivity contribution in [3.8, 4) is 0 Å². The number of benzene rings is 2. The third-order valence-electron chi connectivity index (χ3n) is 4.34. The van der Waals surface area contributed by atoms with Crippen LogP contribution in [-0.2, 0) is 6.54 Å². The van der Waals surface area contributed by atoms with E-state index >= 15 is 0 Å². The van der Waals surface area contributed by atoms with Gasteiger partial charge in [-0.05, 0) is 30.2 Å². The molecule has 142 valence electrons. The number of aliphatic hydroxyl groups is 1. The third-order valence-corrected chi connectivity index (χ3v) is 4.34. The van der Waals surface area contributed by atoms with Gasteiger partial charge in [0.25, 0.3) is 0 Å². The molecule has 0 saturated carbocycles. The van der Waals surface area contributed by atoms with Crippen LogP contribution in [0, 0.1) is 0 Å². The fourth-order valence-electron chi connectivity index (χ4n) is 2.97. The maximum Gasteiger partial charge on any atom is 0.0641 e. The van der Waals surface area contributed by atoms with Crippen molar-refractivity contribution in [2.75, 3.05) is 19.7 Å². The van der Waals surface area contributed by atoms with Crippen LogP contribution in [0.3, 0.4) is 0 Å². The Morgan fingerprint density at radius 2 is 1.78 bits per heavy atom. The van der Waals surface area contributed by atoms with E-state index in [0.29, 0.717) is 6.54 Å². The van der Waals surface area contributed by atoms with Crippen LogP contribution in [0.2, 0.25) is 0 Å². The molecule has 2 aromatic carbocycles. The van der Waals surface area contributed by atoms with Gasteiger partial charge in [0.05, 0.1) is 12.6 Å². The summed E-state index contributed by atoms with van der Waals surface area (Å²) in [5.41, 5.74) is 3.43. The van der Waals surface area contributed by atoms with E-state index in [-0.39, 0.29) is 12.6 Å². The summed E-state index contributed by atoms with van der Waals surface area (Å²) in [4.78, 5) is 2.27. The Bertz CT molecular complexity index is 723. The van der Waals surface area contributed by atoms with E-state index in [1.165, 1.54) is 11.1 Å². The lowest BCUT2D eigenvalue weighted by molar-refractivity contribution is 0.178. The fraction of sp³-hybridized carbons (Fsp3) is 0.250. The Morgan fingerprint density at radius 1 is 1.11 bits per heavy atom. The highest BCUT2D eigenvalue weighted by Gasteiger charge is 2.16. The molecule has 2 N–H and O–H groups in total. The average molecular weight is 363 g/mol. The summed E-state index contributed by atoms with van der Waals surface area (Å²) in [5, 5.41) is 13.1. The van der Waals surface area contributed by atoms with E-state index in [2.05, 4.69) is 65.3 Å². The Labute approximate surface area is 163 Å². The largest absolute Gasteiger partial charge is 0.395 e. The van der Waals surface area contributed by atoms with E-state index in [0.717, 1.165) is 18.8 Å². The highest BCUT2D eigenvalue weighted by atomic mass is 16.3. The summed E-state index contributed by atoms with van der Waals surface area (Å²) in [6.07, 6.45) is 7.86. The van der Waals surface area contributed by atoms with Gasteiger partial charge in [0.15, 0.2) is 0 Å². The van der Waals surface area contributed by atoms with Crippen LogP contribution >= 0.6 is 0 Å². The molecule has 0 heterocycles. The van der Waals surface area contributed by atoms with Gasteiger partial charge in [-0.2, -0.15) is 0 Å². The molecule has 27 heavy (non-hydrogen) atoms. The van der Waals surface area contributed by atoms with Crippen molar-refractivity contribution in [3.63, 3.8) is 0 Å². The van der Waals surface area contributed by atoms with Crippen LogP contribution < -0.4 is 5.32 Å². The van der Waals surface area contributed by atoms with Crippen LogP contribution in [0.15, 0.2) is 97.2 Å². The molecule has 3 heteroatoms. The van der Waals surface area contributed by atoms with E-state index in [1.54, 1.807) is 0 Å². The van der Waals surface area contributed by atoms with Gasteiger partial charge in [-0.15, -0.1) is 0 Å². The first-order valence-corrected chi connectivity index (χ1v) is 9.41. The number of hydrogen-bond donors (Lipinski definition) is 2. The molecule has 2 aromatic rings. The summed E-state index contributed by atoms with van der Waals surface area (Å²) in [7, 11) is 0. The third kappa shape index (κ3) is 7.26. The van der Waals surface area contributed by atoms with Crippen molar-refractivity contribution in [2.24, 2.45) is 0 Å². The Kier molecular flexibility index (Phi) is 9.11. The topological polar surface area (TPSA) is 35.5 Å². The van der Waals surface area contributed by atoms with E-state index in [1.807, 2.05) is 43.4 Å². The van der Waals surface area contributed by atoms with Crippen molar-refractivity contribution in [2.45, 2.75) is 19.5 Å². The number of nitrogens with zero attached hydrogens (tertiary/aromatic N) is 1. The molecule has 0 aromatic heterocycles. The molecule has 1 unspecified atom stereocenters. The Morgan fingerprint density at radius 3 is 2.37 bits per heavy atom. The number of hydrogen-bond acceptors (Lipinski definition) is 3. The molecule has 0 spiro atoms. The minimum Gasteiger partial charge on any atom is -0.395 e. The lowest BCUT2D eigenvalue weighted by Crippen LogP contribution is -2.36. The molecule has 2 rings (SSSR count). The first-order chi connectivity index (χ1) is 13.3. The van der Waals surface area contributed by atoms with Crippen LogP contribution in [0.25, 0.3) is 0 Å². The smallest absolute Gasteiger partial charge is 0.0641 e. The van der Waals surface area contributed by atoms with Crippen LogP contribution in [0.5, 0.6) is 0 Å². The molecule has 0 bridgehead atoms. The average Bonchev–Trinajstić information content (AvgIpc) is 2.71. The maximum absolute atomic E-state index is 9.54. The lowest BCUT2D eigenvalue weighted by Gasteiger charge is -2.29. The zero-order valence-electron chi connectivity index (χ0n) is 16.1. The van der Waals surface area contributed by atoms with Gasteiger partial charge >= 0.3 is 0 Å². The summed E-state index contributed by atoms with van der Waals surface area (Å²) >= 11 is 0. The number of aliphatic hydroxyl groups excluding tert-OH is 1. The van der Waals surface area contributed by atoms with Crippen LogP contribution in [-0.4, -0.2) is 29.7 Å². The van der Waals surface area contributed by atoms with Crippen molar-refractivity contribution < 1.29 is 5.11 Å². The molecule has 0 amide bonds. The van der Waals surface area contributed by atoms with Crippen molar-refractivity contribution in [1.82, 2.24) is 10.2 Å². The molecular formula is C24H30N2O. The molecule has 0 aliphatic carbocycles. The van der Waals surface area contributed by atoms with Gasteiger partial charge in [-0.1, -0.05) is 79.4 Å². The molecule has 1 atom stereocenters. The van der Waals surface area contributed by atoms with Crippen LogP contribution in [0.1, 0.15) is 24.1 Å². The molecule has 0 fully saturated rings. The van der Waals surface area contributed by atoms with Gasteiger partial charge in [0, 0.05) is 25.3 Å². The zero-order valence-corrected chi connectivity index (χ0v) is 16.1. The molecule has 0 saturated heterocycles. The van der Waals surface area contributed by atoms with Crippen molar-refractivity contribution >= 4 is 0 Å². The maximum atomic E-state index is 9.54. The van der Waals surface area contributed by atoms with E-state index in [4.69, 9.17) is 0 Å². The Balaban J connectivity index is 2.21. The molecular weight excluding hydrogens is 332 g/mol. The summed E-state index contributed by atoms with van der Waals surface area (Å²) in [6.45, 7) is 8.26. The molecule has 0 aliphatic heterocycles. The minimum absolute atomic E-state index is 0.0935. The summed E-state index contributed by atoms with van der Waals surface area (Å²) in [6, 6.07) is 20.9. The zero-order chi connectivity index (χ0) is 19.3. The van der Waals surface area contributed by atoms with E-state index in [9.17, 15) is 5.11 Å². The SMILES string of the molecule is C=C/C(=C\C=C/C)NC(CN(CCO)Cc1ccccc1)c1ccccc1. The highest BCUT2D eigenvalue weighted by Crippen LogP contribution is 2.18. The Hall–Kier alpha value is -2.62. The second-order valence-electron chi connectivity index (χ2n) is 6.40. The minimum atomic E-state index is 0.0935. The fourth-order valence-corrected chi connectivity index (χ4v) is 2.97. The number of nitrogens with one attached hydrogen (secondary N) is 1. The molecule has 0 aliphatic rings. The van der Waals surface area contributed by atoms with Gasteiger partial charge in [-0.25, -0.2) is 0 Å². The lowest BCUT2D eigenvalue weighted by atomic mass is 10.1. The number of rotatable bonds is 11. The van der Waals surface area contributed by atoms with Gasteiger partial charge < -0.3 is 10.4 Å². The van der Waals surface area contributed by atoms with E-state index < -0.39 is 0 Å². The van der Waals surface area contributed by atoms with Gasteiger partial charge in [-0.3, -0.25) is 4.90 Å².